The maximum absolute atomic E-state index is 12.5. The fourth-order valence-corrected chi connectivity index (χ4v) is 3.31. The van der Waals surface area contributed by atoms with Crippen molar-refractivity contribution < 1.29 is 19.1 Å². The Morgan fingerprint density at radius 1 is 1.12 bits per heavy atom. The van der Waals surface area contributed by atoms with E-state index in [-0.39, 0.29) is 17.9 Å². The number of rotatable bonds is 5. The van der Waals surface area contributed by atoms with Gasteiger partial charge in [0.25, 0.3) is 5.91 Å². The number of nitrogens with zero attached hydrogens (tertiary/aromatic N) is 2. The second-order valence-electron chi connectivity index (χ2n) is 6.46. The second kappa shape index (κ2) is 8.34. The molecule has 25 heavy (non-hydrogen) atoms. The molecule has 0 radical (unpaired) electrons. The highest BCUT2D eigenvalue weighted by atomic mass is 16.5. The van der Waals surface area contributed by atoms with Crippen molar-refractivity contribution in [3.05, 3.63) is 29.8 Å². The van der Waals surface area contributed by atoms with Crippen LogP contribution in [0.4, 0.5) is 0 Å². The lowest BCUT2D eigenvalue weighted by molar-refractivity contribution is -0.145. The number of amides is 2. The lowest BCUT2D eigenvalue weighted by atomic mass is 10.1. The molecule has 2 aliphatic heterocycles. The molecule has 136 valence electrons. The standard InChI is InChI=1S/C19H26N2O4/c1-2-24-16-7-5-15(6-8-16)14-18(22)20-9-11-21(12-10-20)19(23)17-4-3-13-25-17/h5-8,17H,2-4,9-14H2,1H3. The van der Waals surface area contributed by atoms with E-state index < -0.39 is 0 Å². The van der Waals surface area contributed by atoms with Crippen molar-refractivity contribution in [2.75, 3.05) is 39.4 Å². The third-order valence-corrected chi connectivity index (χ3v) is 4.74. The number of hydrogen-bond acceptors (Lipinski definition) is 4. The summed E-state index contributed by atoms with van der Waals surface area (Å²) >= 11 is 0. The first-order valence-electron chi connectivity index (χ1n) is 9.07. The highest BCUT2D eigenvalue weighted by molar-refractivity contribution is 5.82. The van der Waals surface area contributed by atoms with Crippen molar-refractivity contribution >= 4 is 11.8 Å². The Hall–Kier alpha value is -2.08. The minimum atomic E-state index is -0.272. The van der Waals surface area contributed by atoms with Crippen LogP contribution in [0.25, 0.3) is 0 Å². The fourth-order valence-electron chi connectivity index (χ4n) is 3.31. The van der Waals surface area contributed by atoms with Crippen molar-refractivity contribution in [3.63, 3.8) is 0 Å². The van der Waals surface area contributed by atoms with Gasteiger partial charge in [-0.1, -0.05) is 12.1 Å². The SMILES string of the molecule is CCOc1ccc(CC(=O)N2CCN(C(=O)C3CCCO3)CC2)cc1. The zero-order valence-corrected chi connectivity index (χ0v) is 14.8. The van der Waals surface area contributed by atoms with Crippen LogP contribution in [0.1, 0.15) is 25.3 Å². The summed E-state index contributed by atoms with van der Waals surface area (Å²) in [6.07, 6.45) is 1.88. The monoisotopic (exact) mass is 346 g/mol. The normalized spacial score (nSPS) is 20.6. The fraction of sp³-hybridized carbons (Fsp3) is 0.579. The van der Waals surface area contributed by atoms with Crippen LogP contribution in [-0.2, 0) is 20.7 Å². The third-order valence-electron chi connectivity index (χ3n) is 4.74. The van der Waals surface area contributed by atoms with Gasteiger partial charge < -0.3 is 19.3 Å². The van der Waals surface area contributed by atoms with Crippen molar-refractivity contribution in [1.29, 1.82) is 0 Å². The topological polar surface area (TPSA) is 59.1 Å². The van der Waals surface area contributed by atoms with E-state index >= 15 is 0 Å². The van der Waals surface area contributed by atoms with E-state index in [0.29, 0.717) is 45.8 Å². The van der Waals surface area contributed by atoms with Crippen molar-refractivity contribution in [3.8, 4) is 5.75 Å². The van der Waals surface area contributed by atoms with Crippen LogP contribution in [0.15, 0.2) is 24.3 Å². The molecule has 1 atom stereocenters. The predicted octanol–water partition coefficient (Wildman–Crippen LogP) is 1.48. The van der Waals surface area contributed by atoms with E-state index in [1.165, 1.54) is 0 Å². The molecule has 0 N–H and O–H groups in total. The van der Waals surface area contributed by atoms with Crippen LogP contribution in [-0.4, -0.2) is 67.1 Å². The number of hydrogen-bond donors (Lipinski definition) is 0. The van der Waals surface area contributed by atoms with Gasteiger partial charge in [-0.25, -0.2) is 0 Å². The quantitative estimate of drug-likeness (QED) is 0.810. The molecule has 2 saturated heterocycles. The van der Waals surface area contributed by atoms with Gasteiger partial charge in [-0.15, -0.1) is 0 Å². The second-order valence-corrected chi connectivity index (χ2v) is 6.46. The smallest absolute Gasteiger partial charge is 0.251 e. The Morgan fingerprint density at radius 2 is 1.80 bits per heavy atom. The van der Waals surface area contributed by atoms with Gasteiger partial charge in [-0.05, 0) is 37.5 Å². The van der Waals surface area contributed by atoms with E-state index in [2.05, 4.69) is 0 Å². The first-order chi connectivity index (χ1) is 12.2. The molecular weight excluding hydrogens is 320 g/mol. The number of piperazine rings is 1. The minimum Gasteiger partial charge on any atom is -0.494 e. The molecule has 2 aliphatic rings. The summed E-state index contributed by atoms with van der Waals surface area (Å²) in [6, 6.07) is 7.65. The van der Waals surface area contributed by atoms with Crippen LogP contribution in [0.2, 0.25) is 0 Å². The molecule has 1 unspecified atom stereocenters. The van der Waals surface area contributed by atoms with Gasteiger partial charge in [0.2, 0.25) is 5.91 Å². The Balaban J connectivity index is 1.47. The van der Waals surface area contributed by atoms with Crippen LogP contribution in [0, 0.1) is 0 Å². The average molecular weight is 346 g/mol. The number of carbonyl (C=O) groups excluding carboxylic acids is 2. The minimum absolute atomic E-state index is 0.0797. The Morgan fingerprint density at radius 3 is 2.40 bits per heavy atom. The van der Waals surface area contributed by atoms with E-state index in [0.717, 1.165) is 24.2 Å². The molecule has 0 aromatic heterocycles. The molecule has 2 heterocycles. The maximum atomic E-state index is 12.5. The highest BCUT2D eigenvalue weighted by Crippen LogP contribution is 2.17. The lowest BCUT2D eigenvalue weighted by Crippen LogP contribution is -2.53. The Labute approximate surface area is 148 Å². The third kappa shape index (κ3) is 4.51. The summed E-state index contributed by atoms with van der Waals surface area (Å²) in [5, 5.41) is 0. The molecule has 0 bridgehead atoms. The van der Waals surface area contributed by atoms with Gasteiger partial charge in [0.1, 0.15) is 11.9 Å². The zero-order chi connectivity index (χ0) is 17.6. The van der Waals surface area contributed by atoms with Gasteiger partial charge >= 0.3 is 0 Å². The Kier molecular flexibility index (Phi) is 5.91. The first-order valence-corrected chi connectivity index (χ1v) is 9.07. The van der Waals surface area contributed by atoms with Crippen LogP contribution in [0.3, 0.4) is 0 Å². The zero-order valence-electron chi connectivity index (χ0n) is 14.8. The molecular formula is C19H26N2O4. The molecule has 0 spiro atoms. The molecule has 1 aromatic rings. The van der Waals surface area contributed by atoms with Crippen molar-refractivity contribution in [2.45, 2.75) is 32.3 Å². The molecule has 2 amide bonds. The van der Waals surface area contributed by atoms with Gasteiger partial charge in [-0.3, -0.25) is 9.59 Å². The average Bonchev–Trinajstić information content (AvgIpc) is 3.18. The maximum Gasteiger partial charge on any atom is 0.251 e. The van der Waals surface area contributed by atoms with E-state index in [9.17, 15) is 9.59 Å². The van der Waals surface area contributed by atoms with E-state index in [1.54, 1.807) is 0 Å². The van der Waals surface area contributed by atoms with Gasteiger partial charge in [0.05, 0.1) is 13.0 Å². The number of ether oxygens (including phenoxy) is 2. The summed E-state index contributed by atoms with van der Waals surface area (Å²) in [5.74, 6) is 1.00. The number of carbonyl (C=O) groups is 2. The molecule has 3 rings (SSSR count). The highest BCUT2D eigenvalue weighted by Gasteiger charge is 2.31. The largest absolute Gasteiger partial charge is 0.494 e. The molecule has 6 nitrogen and oxygen atoms in total. The van der Waals surface area contributed by atoms with E-state index in [4.69, 9.17) is 9.47 Å². The van der Waals surface area contributed by atoms with Crippen molar-refractivity contribution in [2.24, 2.45) is 0 Å². The van der Waals surface area contributed by atoms with Gasteiger partial charge in [-0.2, -0.15) is 0 Å². The molecule has 0 aliphatic carbocycles. The van der Waals surface area contributed by atoms with E-state index in [1.807, 2.05) is 41.0 Å². The summed E-state index contributed by atoms with van der Waals surface area (Å²) < 4.78 is 10.9. The van der Waals surface area contributed by atoms with Crippen LogP contribution < -0.4 is 4.74 Å². The molecule has 6 heteroatoms. The Bertz CT molecular complexity index is 588. The predicted molar refractivity (Wildman–Crippen MR) is 93.4 cm³/mol. The van der Waals surface area contributed by atoms with Gasteiger partial charge in [0, 0.05) is 32.8 Å². The summed E-state index contributed by atoms with van der Waals surface area (Å²) in [6.45, 7) is 5.62. The summed E-state index contributed by atoms with van der Waals surface area (Å²) in [4.78, 5) is 28.5. The summed E-state index contributed by atoms with van der Waals surface area (Å²) in [5.41, 5.74) is 0.978. The molecule has 1 aromatic carbocycles. The molecule has 0 saturated carbocycles. The number of benzene rings is 1. The summed E-state index contributed by atoms with van der Waals surface area (Å²) in [7, 11) is 0. The van der Waals surface area contributed by atoms with Crippen LogP contribution >= 0.6 is 0 Å². The van der Waals surface area contributed by atoms with Gasteiger partial charge in [0.15, 0.2) is 0 Å². The van der Waals surface area contributed by atoms with Crippen molar-refractivity contribution in [1.82, 2.24) is 9.80 Å². The van der Waals surface area contributed by atoms with Crippen LogP contribution in [0.5, 0.6) is 5.75 Å². The molecule has 2 fully saturated rings. The first kappa shape index (κ1) is 17.7. The lowest BCUT2D eigenvalue weighted by Gasteiger charge is -2.35.